The second-order valence-electron chi connectivity index (χ2n) is 4.91. The Morgan fingerprint density at radius 1 is 1.15 bits per heavy atom. The Morgan fingerprint density at radius 2 is 1.90 bits per heavy atom. The SMILES string of the molecule is CS(=O)(=O)N1CCN(c2ccc3ncncc3c2)CC1. The van der Waals surface area contributed by atoms with E-state index in [2.05, 4.69) is 14.9 Å². The van der Waals surface area contributed by atoms with Gasteiger partial charge >= 0.3 is 0 Å². The molecule has 0 unspecified atom stereocenters. The van der Waals surface area contributed by atoms with Crippen LogP contribution < -0.4 is 4.90 Å². The van der Waals surface area contributed by atoms with Gasteiger partial charge in [-0.2, -0.15) is 4.31 Å². The van der Waals surface area contributed by atoms with E-state index in [0.29, 0.717) is 26.2 Å². The summed E-state index contributed by atoms with van der Waals surface area (Å²) in [6.07, 6.45) is 4.58. The summed E-state index contributed by atoms with van der Waals surface area (Å²) in [5.41, 5.74) is 2.00. The van der Waals surface area contributed by atoms with Gasteiger partial charge in [0.05, 0.1) is 11.8 Å². The number of aromatic nitrogens is 2. The molecular formula is C13H16N4O2S. The number of nitrogens with zero attached hydrogens (tertiary/aromatic N) is 4. The molecule has 2 heterocycles. The predicted molar refractivity (Wildman–Crippen MR) is 78.2 cm³/mol. The summed E-state index contributed by atoms with van der Waals surface area (Å²) in [7, 11) is -3.08. The number of fused-ring (bicyclic) bond motifs is 1. The van der Waals surface area contributed by atoms with Crippen molar-refractivity contribution in [3.8, 4) is 0 Å². The zero-order valence-corrected chi connectivity index (χ0v) is 12.0. The van der Waals surface area contributed by atoms with Crippen molar-refractivity contribution in [3.63, 3.8) is 0 Å². The van der Waals surface area contributed by atoms with E-state index in [1.807, 2.05) is 18.2 Å². The summed E-state index contributed by atoms with van der Waals surface area (Å²) in [5, 5.41) is 0.996. The van der Waals surface area contributed by atoms with Gasteiger partial charge in [-0.1, -0.05) is 0 Å². The van der Waals surface area contributed by atoms with E-state index in [1.54, 1.807) is 6.20 Å². The summed E-state index contributed by atoms with van der Waals surface area (Å²) < 4.78 is 24.5. The molecule has 0 aliphatic carbocycles. The Kier molecular flexibility index (Phi) is 3.31. The van der Waals surface area contributed by atoms with E-state index in [9.17, 15) is 8.42 Å². The fourth-order valence-corrected chi connectivity index (χ4v) is 3.27. The van der Waals surface area contributed by atoms with Crippen LogP contribution in [0.3, 0.4) is 0 Å². The largest absolute Gasteiger partial charge is 0.369 e. The van der Waals surface area contributed by atoms with Crippen molar-refractivity contribution in [1.82, 2.24) is 14.3 Å². The van der Waals surface area contributed by atoms with Crippen LogP contribution in [0, 0.1) is 0 Å². The average Bonchev–Trinajstić information content (AvgIpc) is 2.46. The number of sulfonamides is 1. The molecule has 1 aliphatic heterocycles. The van der Waals surface area contributed by atoms with Gasteiger partial charge in [0.1, 0.15) is 6.33 Å². The summed E-state index contributed by atoms with van der Waals surface area (Å²) in [6, 6.07) is 6.03. The molecule has 7 heteroatoms. The van der Waals surface area contributed by atoms with E-state index >= 15 is 0 Å². The maximum Gasteiger partial charge on any atom is 0.211 e. The van der Waals surface area contributed by atoms with E-state index < -0.39 is 10.0 Å². The standard InChI is InChI=1S/C13H16N4O2S/c1-20(18,19)17-6-4-16(5-7-17)12-2-3-13-11(8-12)9-14-10-15-13/h2-3,8-10H,4-7H2,1H3. The first-order chi connectivity index (χ1) is 9.54. The fourth-order valence-electron chi connectivity index (χ4n) is 2.45. The topological polar surface area (TPSA) is 66.4 Å². The molecule has 0 spiro atoms. The number of anilines is 1. The highest BCUT2D eigenvalue weighted by Crippen LogP contribution is 2.21. The maximum absolute atomic E-state index is 11.5. The van der Waals surface area contributed by atoms with Crippen molar-refractivity contribution in [2.24, 2.45) is 0 Å². The van der Waals surface area contributed by atoms with E-state index in [0.717, 1.165) is 16.6 Å². The van der Waals surface area contributed by atoms with Gasteiger partial charge in [0.25, 0.3) is 0 Å². The minimum atomic E-state index is -3.08. The highest BCUT2D eigenvalue weighted by molar-refractivity contribution is 7.88. The number of piperazine rings is 1. The Labute approximate surface area is 118 Å². The van der Waals surface area contributed by atoms with Gasteiger partial charge in [0.2, 0.25) is 10.0 Å². The molecule has 0 atom stereocenters. The van der Waals surface area contributed by atoms with Gasteiger partial charge in [-0.15, -0.1) is 0 Å². The smallest absolute Gasteiger partial charge is 0.211 e. The summed E-state index contributed by atoms with van der Waals surface area (Å²) in [6.45, 7) is 2.46. The fraction of sp³-hybridized carbons (Fsp3) is 0.385. The second-order valence-corrected chi connectivity index (χ2v) is 6.90. The molecular weight excluding hydrogens is 276 g/mol. The molecule has 0 bridgehead atoms. The lowest BCUT2D eigenvalue weighted by molar-refractivity contribution is 0.388. The first-order valence-electron chi connectivity index (χ1n) is 6.44. The van der Waals surface area contributed by atoms with Gasteiger partial charge in [-0.25, -0.2) is 18.4 Å². The first kappa shape index (κ1) is 13.3. The van der Waals surface area contributed by atoms with Crippen molar-refractivity contribution in [2.45, 2.75) is 0 Å². The van der Waals surface area contributed by atoms with Crippen LogP contribution in [0.5, 0.6) is 0 Å². The summed E-state index contributed by atoms with van der Waals surface area (Å²) in [4.78, 5) is 10.4. The van der Waals surface area contributed by atoms with Gasteiger partial charge in [-0.3, -0.25) is 0 Å². The lowest BCUT2D eigenvalue weighted by Crippen LogP contribution is -2.48. The number of hydrogen-bond donors (Lipinski definition) is 0. The molecule has 0 N–H and O–H groups in total. The minimum absolute atomic E-state index is 0.530. The monoisotopic (exact) mass is 292 g/mol. The van der Waals surface area contributed by atoms with Crippen LogP contribution in [0.2, 0.25) is 0 Å². The normalized spacial score (nSPS) is 17.6. The predicted octanol–water partition coefficient (Wildman–Crippen LogP) is 0.711. The molecule has 3 rings (SSSR count). The zero-order valence-electron chi connectivity index (χ0n) is 11.2. The Hall–Kier alpha value is -1.73. The van der Waals surface area contributed by atoms with E-state index in [1.165, 1.54) is 16.9 Å². The Bertz CT molecular complexity index is 724. The molecule has 0 radical (unpaired) electrons. The minimum Gasteiger partial charge on any atom is -0.369 e. The quantitative estimate of drug-likeness (QED) is 0.815. The van der Waals surface area contributed by atoms with Crippen LogP contribution in [0.1, 0.15) is 0 Å². The van der Waals surface area contributed by atoms with Crippen molar-refractivity contribution in [3.05, 3.63) is 30.7 Å². The highest BCUT2D eigenvalue weighted by atomic mass is 32.2. The third kappa shape index (κ3) is 2.59. The Morgan fingerprint density at radius 3 is 2.60 bits per heavy atom. The third-order valence-electron chi connectivity index (χ3n) is 3.56. The van der Waals surface area contributed by atoms with Crippen LogP contribution in [-0.4, -0.2) is 55.1 Å². The Balaban J connectivity index is 1.80. The highest BCUT2D eigenvalue weighted by Gasteiger charge is 2.23. The third-order valence-corrected chi connectivity index (χ3v) is 4.86. The first-order valence-corrected chi connectivity index (χ1v) is 8.29. The number of hydrogen-bond acceptors (Lipinski definition) is 5. The van der Waals surface area contributed by atoms with Crippen LogP contribution >= 0.6 is 0 Å². The average molecular weight is 292 g/mol. The van der Waals surface area contributed by atoms with Crippen LogP contribution in [0.25, 0.3) is 10.9 Å². The van der Waals surface area contributed by atoms with Gasteiger partial charge in [0, 0.05) is 43.4 Å². The molecule has 1 fully saturated rings. The van der Waals surface area contributed by atoms with Crippen molar-refractivity contribution in [1.29, 1.82) is 0 Å². The molecule has 20 heavy (non-hydrogen) atoms. The van der Waals surface area contributed by atoms with Crippen LogP contribution in [0.15, 0.2) is 30.7 Å². The van der Waals surface area contributed by atoms with E-state index in [-0.39, 0.29) is 0 Å². The summed E-state index contributed by atoms with van der Waals surface area (Å²) in [5.74, 6) is 0. The van der Waals surface area contributed by atoms with Crippen LogP contribution in [0.4, 0.5) is 5.69 Å². The van der Waals surface area contributed by atoms with E-state index in [4.69, 9.17) is 0 Å². The number of rotatable bonds is 2. The molecule has 0 amide bonds. The van der Waals surface area contributed by atoms with Gasteiger partial charge in [-0.05, 0) is 18.2 Å². The lowest BCUT2D eigenvalue weighted by atomic mass is 10.2. The van der Waals surface area contributed by atoms with Gasteiger partial charge < -0.3 is 4.90 Å². The molecule has 0 saturated carbocycles. The van der Waals surface area contributed by atoms with Crippen molar-refractivity contribution < 1.29 is 8.42 Å². The summed E-state index contributed by atoms with van der Waals surface area (Å²) >= 11 is 0. The zero-order chi connectivity index (χ0) is 14.2. The molecule has 1 aliphatic rings. The lowest BCUT2D eigenvalue weighted by Gasteiger charge is -2.34. The van der Waals surface area contributed by atoms with Crippen molar-refractivity contribution >= 4 is 26.6 Å². The number of benzene rings is 1. The van der Waals surface area contributed by atoms with Crippen LogP contribution in [-0.2, 0) is 10.0 Å². The molecule has 1 aromatic heterocycles. The molecule has 6 nitrogen and oxygen atoms in total. The van der Waals surface area contributed by atoms with Gasteiger partial charge in [0.15, 0.2) is 0 Å². The molecule has 2 aromatic rings. The molecule has 1 saturated heterocycles. The molecule has 106 valence electrons. The van der Waals surface area contributed by atoms with Crippen molar-refractivity contribution in [2.75, 3.05) is 37.3 Å². The maximum atomic E-state index is 11.5. The molecule has 1 aromatic carbocycles. The second kappa shape index (κ2) is 4.99.